The van der Waals surface area contributed by atoms with Crippen LogP contribution in [0.25, 0.3) is 0 Å². The van der Waals surface area contributed by atoms with Crippen molar-refractivity contribution in [3.05, 3.63) is 28.8 Å². The average molecular weight is 302 g/mol. The Labute approximate surface area is 118 Å². The minimum Gasteiger partial charge on any atom is -0.396 e. The number of aliphatic hydroxyl groups is 1. The first kappa shape index (κ1) is 13.6. The maximum Gasteiger partial charge on any atom is 0.210 e. The molecule has 0 bridgehead atoms. The number of nitrogens with zero attached hydrogens (tertiary/aromatic N) is 2. The smallest absolute Gasteiger partial charge is 0.210 e. The summed E-state index contributed by atoms with van der Waals surface area (Å²) in [7, 11) is 0. The summed E-state index contributed by atoms with van der Waals surface area (Å²) in [6.07, 6.45) is 0. The van der Waals surface area contributed by atoms with E-state index in [1.54, 1.807) is 0 Å². The molecule has 0 atom stereocenters. The summed E-state index contributed by atoms with van der Waals surface area (Å²) in [5, 5.41) is 21.4. The van der Waals surface area contributed by atoms with Crippen molar-refractivity contribution in [1.29, 1.82) is 0 Å². The summed E-state index contributed by atoms with van der Waals surface area (Å²) in [6, 6.07) is 5.76. The number of aryl methyl sites for hydroxylation is 1. The van der Waals surface area contributed by atoms with Crippen LogP contribution in [-0.4, -0.2) is 27.7 Å². The number of aromatic nitrogens is 2. The van der Waals surface area contributed by atoms with E-state index in [2.05, 4.69) is 15.5 Å². The van der Waals surface area contributed by atoms with E-state index < -0.39 is 0 Å². The predicted octanol–water partition coefficient (Wildman–Crippen LogP) is 3.33. The highest BCUT2D eigenvalue weighted by Gasteiger charge is 2.05. The molecule has 0 spiro atoms. The van der Waals surface area contributed by atoms with Crippen molar-refractivity contribution in [3.8, 4) is 0 Å². The Kier molecular flexibility index (Phi) is 4.82. The molecule has 0 aliphatic heterocycles. The highest BCUT2D eigenvalue weighted by Crippen LogP contribution is 2.28. The molecule has 1 heterocycles. The summed E-state index contributed by atoms with van der Waals surface area (Å²) in [6.45, 7) is 2.10. The van der Waals surface area contributed by atoms with E-state index in [-0.39, 0.29) is 6.61 Å². The van der Waals surface area contributed by atoms with Crippen LogP contribution >= 0.6 is 34.7 Å². The minimum absolute atomic E-state index is 0.139. The molecule has 0 saturated carbocycles. The Hall–Kier alpha value is -0.820. The van der Waals surface area contributed by atoms with Gasteiger partial charge in [-0.15, -0.1) is 10.2 Å². The lowest BCUT2D eigenvalue weighted by Gasteiger charge is -2.03. The molecule has 2 rings (SSSR count). The number of thioether (sulfide) groups is 1. The van der Waals surface area contributed by atoms with Gasteiger partial charge in [-0.25, -0.2) is 0 Å². The third-order valence-corrected chi connectivity index (χ3v) is 4.51. The number of hydrogen-bond acceptors (Lipinski definition) is 6. The van der Waals surface area contributed by atoms with Crippen molar-refractivity contribution in [2.45, 2.75) is 11.3 Å². The normalized spacial score (nSPS) is 10.6. The second kappa shape index (κ2) is 6.38. The van der Waals surface area contributed by atoms with Crippen molar-refractivity contribution in [3.63, 3.8) is 0 Å². The zero-order valence-electron chi connectivity index (χ0n) is 9.68. The summed E-state index contributed by atoms with van der Waals surface area (Å²) < 4.78 is 0.838. The molecule has 0 aliphatic rings. The van der Waals surface area contributed by atoms with Crippen molar-refractivity contribution in [1.82, 2.24) is 10.2 Å². The molecule has 0 radical (unpaired) electrons. The molecule has 2 aromatic rings. The molecule has 7 heteroatoms. The third-order valence-electron chi connectivity index (χ3n) is 2.15. The van der Waals surface area contributed by atoms with Gasteiger partial charge in [-0.05, 0) is 24.6 Å². The highest BCUT2D eigenvalue weighted by atomic mass is 35.5. The number of hydrogen-bond donors (Lipinski definition) is 2. The van der Waals surface area contributed by atoms with Gasteiger partial charge in [0, 0.05) is 16.5 Å². The molecular formula is C11H12ClN3OS2. The lowest BCUT2D eigenvalue weighted by molar-refractivity contribution is 0.322. The van der Waals surface area contributed by atoms with Crippen molar-refractivity contribution in [2.24, 2.45) is 0 Å². The van der Waals surface area contributed by atoms with E-state index in [4.69, 9.17) is 16.7 Å². The fraction of sp³-hybridized carbons (Fsp3) is 0.273. The Morgan fingerprint density at radius 1 is 1.44 bits per heavy atom. The molecule has 0 fully saturated rings. The van der Waals surface area contributed by atoms with Crippen LogP contribution in [0.1, 0.15) is 5.56 Å². The monoisotopic (exact) mass is 301 g/mol. The van der Waals surface area contributed by atoms with E-state index in [1.807, 2.05) is 25.1 Å². The summed E-state index contributed by atoms with van der Waals surface area (Å²) in [5.74, 6) is 0.630. The van der Waals surface area contributed by atoms with E-state index in [0.29, 0.717) is 5.75 Å². The van der Waals surface area contributed by atoms with Crippen molar-refractivity contribution >= 4 is 45.5 Å². The van der Waals surface area contributed by atoms with Gasteiger partial charge in [-0.3, -0.25) is 0 Å². The maximum absolute atomic E-state index is 8.73. The summed E-state index contributed by atoms with van der Waals surface area (Å²) in [4.78, 5) is 0. The van der Waals surface area contributed by atoms with Gasteiger partial charge in [0.1, 0.15) is 0 Å². The first-order chi connectivity index (χ1) is 8.69. The van der Waals surface area contributed by atoms with Crippen molar-refractivity contribution < 1.29 is 5.11 Å². The van der Waals surface area contributed by atoms with Crippen molar-refractivity contribution in [2.75, 3.05) is 17.7 Å². The Bertz CT molecular complexity index is 533. The number of aliphatic hydroxyl groups excluding tert-OH is 1. The van der Waals surface area contributed by atoms with E-state index in [0.717, 1.165) is 25.7 Å². The topological polar surface area (TPSA) is 58.0 Å². The lowest BCUT2D eigenvalue weighted by atomic mass is 10.2. The first-order valence-electron chi connectivity index (χ1n) is 5.29. The standard InChI is InChI=1S/C11H12ClN3OS2/c1-7-2-3-8(6-9(7)12)13-10-14-15-11(18-10)17-5-4-16/h2-3,6,16H,4-5H2,1H3,(H,13,14). The minimum atomic E-state index is 0.139. The van der Waals surface area contributed by atoms with Crippen LogP contribution in [-0.2, 0) is 0 Å². The van der Waals surface area contributed by atoms with Crippen LogP contribution in [0.15, 0.2) is 22.5 Å². The fourth-order valence-corrected chi connectivity index (χ4v) is 3.01. The second-order valence-electron chi connectivity index (χ2n) is 3.53. The van der Waals surface area contributed by atoms with Gasteiger partial charge in [0.05, 0.1) is 6.61 Å². The fourth-order valence-electron chi connectivity index (χ4n) is 1.25. The van der Waals surface area contributed by atoms with Gasteiger partial charge in [0.15, 0.2) is 4.34 Å². The van der Waals surface area contributed by atoms with Crippen LogP contribution in [0.2, 0.25) is 5.02 Å². The molecule has 1 aromatic heterocycles. The van der Waals surface area contributed by atoms with E-state index in [9.17, 15) is 0 Å². The van der Waals surface area contributed by atoms with Crippen LogP contribution in [0.3, 0.4) is 0 Å². The Balaban J connectivity index is 2.04. The molecule has 2 N–H and O–H groups in total. The Morgan fingerprint density at radius 2 is 2.28 bits per heavy atom. The van der Waals surface area contributed by atoms with Crippen LogP contribution in [0.4, 0.5) is 10.8 Å². The molecule has 0 amide bonds. The molecule has 1 aromatic carbocycles. The number of halogens is 1. The molecule has 0 saturated heterocycles. The zero-order valence-corrected chi connectivity index (χ0v) is 12.1. The van der Waals surface area contributed by atoms with Gasteiger partial charge in [0.2, 0.25) is 5.13 Å². The van der Waals surface area contributed by atoms with Gasteiger partial charge < -0.3 is 10.4 Å². The molecular weight excluding hydrogens is 290 g/mol. The third kappa shape index (κ3) is 3.58. The molecule has 0 unspecified atom stereocenters. The van der Waals surface area contributed by atoms with Gasteiger partial charge >= 0.3 is 0 Å². The average Bonchev–Trinajstić information content (AvgIpc) is 2.79. The molecule has 0 aliphatic carbocycles. The molecule has 4 nitrogen and oxygen atoms in total. The van der Waals surface area contributed by atoms with E-state index >= 15 is 0 Å². The number of nitrogens with one attached hydrogen (secondary N) is 1. The Morgan fingerprint density at radius 3 is 3.00 bits per heavy atom. The zero-order chi connectivity index (χ0) is 13.0. The maximum atomic E-state index is 8.73. The number of anilines is 2. The first-order valence-corrected chi connectivity index (χ1v) is 7.47. The van der Waals surface area contributed by atoms with Gasteiger partial charge in [-0.2, -0.15) is 0 Å². The summed E-state index contributed by atoms with van der Waals surface area (Å²) >= 11 is 8.99. The quantitative estimate of drug-likeness (QED) is 0.830. The van der Waals surface area contributed by atoms with Crippen LogP contribution in [0, 0.1) is 6.92 Å². The highest BCUT2D eigenvalue weighted by molar-refractivity contribution is 8.01. The SMILES string of the molecule is Cc1ccc(Nc2nnc(SCCO)s2)cc1Cl. The molecule has 18 heavy (non-hydrogen) atoms. The van der Waals surface area contributed by atoms with Gasteiger partial charge in [-0.1, -0.05) is 40.8 Å². The molecule has 96 valence electrons. The number of rotatable bonds is 5. The summed E-state index contributed by atoms with van der Waals surface area (Å²) in [5.41, 5.74) is 1.93. The largest absolute Gasteiger partial charge is 0.396 e. The van der Waals surface area contributed by atoms with E-state index in [1.165, 1.54) is 23.1 Å². The predicted molar refractivity (Wildman–Crippen MR) is 77.2 cm³/mol. The second-order valence-corrected chi connectivity index (χ2v) is 6.26. The number of benzene rings is 1. The van der Waals surface area contributed by atoms with Crippen LogP contribution in [0.5, 0.6) is 0 Å². The van der Waals surface area contributed by atoms with Gasteiger partial charge in [0.25, 0.3) is 0 Å². The lowest BCUT2D eigenvalue weighted by Crippen LogP contribution is -1.89. The van der Waals surface area contributed by atoms with Crippen LogP contribution < -0.4 is 5.32 Å².